The third-order valence-electron chi connectivity index (χ3n) is 4.10. The smallest absolute Gasteiger partial charge is 0.261 e. The number of imidazole rings is 2. The van der Waals surface area contributed by atoms with E-state index >= 15 is 0 Å². The molecule has 96 valence electrons. The van der Waals surface area contributed by atoms with E-state index in [2.05, 4.69) is 21.7 Å². The predicted molar refractivity (Wildman–Crippen MR) is 76.4 cm³/mol. The molecule has 4 heterocycles. The van der Waals surface area contributed by atoms with Crippen LogP contribution in [0.5, 0.6) is 0 Å². The Morgan fingerprint density at radius 1 is 1.30 bits per heavy atom. The van der Waals surface area contributed by atoms with Crippen molar-refractivity contribution in [3.05, 3.63) is 54.5 Å². The van der Waals surface area contributed by atoms with Gasteiger partial charge in [-0.05, 0) is 11.6 Å². The van der Waals surface area contributed by atoms with Gasteiger partial charge in [0.15, 0.2) is 5.52 Å². The molecule has 3 aromatic heterocycles. The molecule has 0 spiro atoms. The average Bonchev–Trinajstić information content (AvgIpc) is 3.13. The largest absolute Gasteiger partial charge is 0.370 e. The first kappa shape index (κ1) is 7.85. The van der Waals surface area contributed by atoms with Crippen LogP contribution in [0.15, 0.2) is 48.9 Å². The van der Waals surface area contributed by atoms with Crippen molar-refractivity contribution >= 4 is 16.8 Å². The highest BCUT2D eigenvalue weighted by molar-refractivity contribution is 5.76. The van der Waals surface area contributed by atoms with E-state index in [0.29, 0.717) is 17.8 Å². The Balaban J connectivity index is 1.97. The molecule has 4 heteroatoms. The molecule has 0 aliphatic carbocycles. The van der Waals surface area contributed by atoms with E-state index in [1.54, 1.807) is 12.4 Å². The fourth-order valence-corrected chi connectivity index (χ4v) is 3.20. The molecule has 0 N–H and O–H groups in total. The summed E-state index contributed by atoms with van der Waals surface area (Å²) in [5.41, 5.74) is 4.90. The Morgan fingerprint density at radius 2 is 2.25 bits per heavy atom. The standard InChI is InChI=1S/C16H13N4/c1-18-14-8-17-7-6-13(14)20-10-15-12-5-3-2-4-11(12)9-19(15)16(18)20/h2-8,10H,9H2,1H3/q+1/i1D3. The summed E-state index contributed by atoms with van der Waals surface area (Å²) < 4.78 is 29.3. The normalized spacial score (nSPS) is 15.9. The van der Waals surface area contributed by atoms with Crippen LogP contribution in [0, 0.1) is 0 Å². The molecule has 4 aromatic rings. The summed E-state index contributed by atoms with van der Waals surface area (Å²) in [4.78, 5) is 4.10. The van der Waals surface area contributed by atoms with Crippen LogP contribution in [-0.2, 0) is 13.5 Å². The number of hydrogen-bond donors (Lipinski definition) is 0. The highest BCUT2D eigenvalue weighted by Gasteiger charge is 2.30. The molecule has 0 bridgehead atoms. The van der Waals surface area contributed by atoms with Gasteiger partial charge in [0, 0.05) is 11.8 Å². The number of aromatic nitrogens is 4. The molecule has 1 aliphatic heterocycles. The van der Waals surface area contributed by atoms with Crippen LogP contribution in [0.1, 0.15) is 9.68 Å². The van der Waals surface area contributed by atoms with Gasteiger partial charge >= 0.3 is 5.78 Å². The van der Waals surface area contributed by atoms with Crippen LogP contribution in [0.2, 0.25) is 0 Å². The third kappa shape index (κ3) is 1.04. The molecule has 4 nitrogen and oxygen atoms in total. The molecule has 1 aromatic carbocycles. The van der Waals surface area contributed by atoms with E-state index in [-0.39, 0.29) is 0 Å². The van der Waals surface area contributed by atoms with E-state index < -0.39 is 6.98 Å². The molecule has 5 rings (SSSR count). The predicted octanol–water partition coefficient (Wildman–Crippen LogP) is 2.14. The van der Waals surface area contributed by atoms with Gasteiger partial charge in [-0.25, -0.2) is 9.13 Å². The first-order valence-electron chi connectivity index (χ1n) is 8.04. The molecule has 0 fully saturated rings. The molecule has 0 unspecified atom stereocenters. The maximum atomic E-state index is 7.96. The first-order chi connectivity index (χ1) is 11.1. The summed E-state index contributed by atoms with van der Waals surface area (Å²) in [7, 11) is 0. The number of rotatable bonds is 0. The van der Waals surface area contributed by atoms with E-state index in [0.717, 1.165) is 16.8 Å². The molecule has 0 saturated carbocycles. The quantitative estimate of drug-likeness (QED) is 0.394. The lowest BCUT2D eigenvalue weighted by molar-refractivity contribution is -0.480. The summed E-state index contributed by atoms with van der Waals surface area (Å²) in [6.07, 6.45) is 5.32. The van der Waals surface area contributed by atoms with Crippen molar-refractivity contribution in [3.63, 3.8) is 0 Å². The van der Waals surface area contributed by atoms with Crippen molar-refractivity contribution in [2.45, 2.75) is 6.54 Å². The van der Waals surface area contributed by atoms with Crippen LogP contribution in [0.3, 0.4) is 0 Å². The van der Waals surface area contributed by atoms with Gasteiger partial charge in [-0.1, -0.05) is 24.3 Å². The van der Waals surface area contributed by atoms with Crippen LogP contribution in [0.4, 0.5) is 0 Å². The summed E-state index contributed by atoms with van der Waals surface area (Å²) in [6.45, 7) is -1.58. The fourth-order valence-electron chi connectivity index (χ4n) is 3.20. The number of benzene rings is 1. The molecule has 20 heavy (non-hydrogen) atoms. The first-order valence-corrected chi connectivity index (χ1v) is 6.54. The highest BCUT2D eigenvalue weighted by atomic mass is 15.3. The Bertz CT molecular complexity index is 1090. The summed E-state index contributed by atoms with van der Waals surface area (Å²) in [5.74, 6) is 0.666. The van der Waals surface area contributed by atoms with Crippen molar-refractivity contribution < 1.29 is 8.51 Å². The van der Waals surface area contributed by atoms with E-state index in [1.165, 1.54) is 10.1 Å². The van der Waals surface area contributed by atoms with Crippen molar-refractivity contribution in [3.8, 4) is 11.3 Å². The lowest BCUT2D eigenvalue weighted by Crippen LogP contribution is -2.18. The second-order valence-electron chi connectivity index (χ2n) is 5.13. The maximum absolute atomic E-state index is 7.96. The van der Waals surface area contributed by atoms with Gasteiger partial charge in [0.1, 0.15) is 17.4 Å². The minimum absolute atomic E-state index is 0.619. The van der Waals surface area contributed by atoms with Gasteiger partial charge in [0.2, 0.25) is 0 Å². The van der Waals surface area contributed by atoms with E-state index in [1.807, 2.05) is 28.8 Å². The van der Waals surface area contributed by atoms with Crippen LogP contribution >= 0.6 is 0 Å². The number of nitrogens with zero attached hydrogens (tertiary/aromatic N) is 4. The van der Waals surface area contributed by atoms with Gasteiger partial charge in [0.05, 0.1) is 23.8 Å². The van der Waals surface area contributed by atoms with Crippen molar-refractivity contribution in [2.24, 2.45) is 6.98 Å². The zero-order valence-corrected chi connectivity index (χ0v) is 10.6. The van der Waals surface area contributed by atoms with Crippen molar-refractivity contribution in [1.82, 2.24) is 14.1 Å². The second-order valence-corrected chi connectivity index (χ2v) is 5.13. The second kappa shape index (κ2) is 3.28. The zero-order chi connectivity index (χ0) is 15.8. The van der Waals surface area contributed by atoms with Gasteiger partial charge < -0.3 is 0 Å². The van der Waals surface area contributed by atoms with Crippen LogP contribution in [0.25, 0.3) is 28.1 Å². The van der Waals surface area contributed by atoms with Gasteiger partial charge in [-0.3, -0.25) is 4.98 Å². The van der Waals surface area contributed by atoms with Crippen molar-refractivity contribution in [2.75, 3.05) is 0 Å². The topological polar surface area (TPSA) is 26.9 Å². The fraction of sp³-hybridized carbons (Fsp3) is 0.125. The maximum Gasteiger partial charge on any atom is 0.370 e. The minimum atomic E-state index is -2.26. The molecule has 0 amide bonds. The molecule has 0 radical (unpaired) electrons. The van der Waals surface area contributed by atoms with Gasteiger partial charge in [-0.15, -0.1) is 0 Å². The van der Waals surface area contributed by atoms with Crippen LogP contribution in [-0.4, -0.2) is 14.1 Å². The average molecular weight is 264 g/mol. The molecule has 0 saturated heterocycles. The molecule has 0 atom stereocenters. The number of pyridine rings is 1. The van der Waals surface area contributed by atoms with Crippen LogP contribution < -0.4 is 4.40 Å². The lowest BCUT2D eigenvalue weighted by Gasteiger charge is -1.93. The summed E-state index contributed by atoms with van der Waals surface area (Å²) in [6, 6.07) is 10.0. The number of hydrogen-bond acceptors (Lipinski definition) is 1. The van der Waals surface area contributed by atoms with E-state index in [4.69, 9.17) is 4.11 Å². The number of aryl methyl sites for hydroxylation is 1. The Labute approximate surface area is 119 Å². The Morgan fingerprint density at radius 3 is 3.20 bits per heavy atom. The Kier molecular flexibility index (Phi) is 1.29. The highest BCUT2D eigenvalue weighted by Crippen LogP contribution is 2.33. The monoisotopic (exact) mass is 264 g/mol. The number of fused-ring (bicyclic) bond motifs is 7. The SMILES string of the molecule is [2H]C([2H])([2H])n1c2cnccc2[n+]2cc3n(c12)Cc1ccccc1-3. The summed E-state index contributed by atoms with van der Waals surface area (Å²) in [5, 5.41) is 0. The lowest BCUT2D eigenvalue weighted by atomic mass is 10.1. The minimum Gasteiger partial charge on any atom is -0.261 e. The van der Waals surface area contributed by atoms with Gasteiger partial charge in [0.25, 0.3) is 0 Å². The summed E-state index contributed by atoms with van der Waals surface area (Å²) >= 11 is 0. The molecule has 1 aliphatic rings. The van der Waals surface area contributed by atoms with E-state index in [9.17, 15) is 0 Å². The van der Waals surface area contributed by atoms with Crippen molar-refractivity contribution in [1.29, 1.82) is 0 Å². The molecular formula is C16H13N4+. The molecular weight excluding hydrogens is 248 g/mol. The van der Waals surface area contributed by atoms with Gasteiger partial charge in [-0.2, -0.15) is 4.40 Å². The third-order valence-corrected chi connectivity index (χ3v) is 4.10. The zero-order valence-electron chi connectivity index (χ0n) is 13.6. The Hall–Kier alpha value is -2.62.